The molecule has 0 aromatic heterocycles. The second kappa shape index (κ2) is 6.57. The second-order valence-electron chi connectivity index (χ2n) is 7.48. The Hall–Kier alpha value is -3.43. The third-order valence-electron chi connectivity index (χ3n) is 5.31. The zero-order chi connectivity index (χ0) is 20.9. The fraction of sp³-hybridized carbons (Fsp3) is 0.421. The molecule has 0 spiro atoms. The van der Waals surface area contributed by atoms with Gasteiger partial charge in [-0.25, -0.2) is 4.79 Å². The first-order valence-corrected chi connectivity index (χ1v) is 9.12. The van der Waals surface area contributed by atoms with Crippen LogP contribution in [0.2, 0.25) is 0 Å². The van der Waals surface area contributed by atoms with E-state index in [2.05, 4.69) is 0 Å². The van der Waals surface area contributed by atoms with E-state index in [1.54, 1.807) is 11.8 Å². The maximum atomic E-state index is 12.8. The minimum absolute atomic E-state index is 0.0545. The van der Waals surface area contributed by atoms with Gasteiger partial charge >= 0.3 is 11.9 Å². The minimum Gasteiger partial charge on any atom is -0.456 e. The molecule has 2 atom stereocenters. The van der Waals surface area contributed by atoms with Gasteiger partial charge in [-0.2, -0.15) is 0 Å². The van der Waals surface area contributed by atoms with Gasteiger partial charge in [0, 0.05) is 31.9 Å². The molecule has 0 N–H and O–H groups in total. The Morgan fingerprint density at radius 2 is 1.97 bits per heavy atom. The molecule has 2 saturated heterocycles. The van der Waals surface area contributed by atoms with Crippen molar-refractivity contribution in [1.29, 1.82) is 0 Å². The fourth-order valence-corrected chi connectivity index (χ4v) is 3.83. The Labute approximate surface area is 165 Å². The van der Waals surface area contributed by atoms with Gasteiger partial charge in [0.1, 0.15) is 12.3 Å². The lowest BCUT2D eigenvalue weighted by atomic mass is 10.0. The highest BCUT2D eigenvalue weighted by Crippen LogP contribution is 2.47. The molecular weight excluding hydrogens is 382 g/mol. The summed E-state index contributed by atoms with van der Waals surface area (Å²) in [5, 5.41) is 10.7. The maximum Gasteiger partial charge on any atom is 0.357 e. The van der Waals surface area contributed by atoms with E-state index in [0.717, 1.165) is 0 Å². The first-order chi connectivity index (χ1) is 13.7. The van der Waals surface area contributed by atoms with Crippen molar-refractivity contribution in [2.24, 2.45) is 0 Å². The van der Waals surface area contributed by atoms with Gasteiger partial charge in [-0.05, 0) is 24.6 Å². The number of benzene rings is 1. The van der Waals surface area contributed by atoms with E-state index in [4.69, 9.17) is 9.47 Å². The first-order valence-electron chi connectivity index (χ1n) is 9.12. The lowest BCUT2D eigenvalue weighted by Crippen LogP contribution is -2.49. The molecule has 1 amide bonds. The number of non-ortho nitro benzene ring substituents is 1. The molecule has 0 radical (unpaired) electrons. The van der Waals surface area contributed by atoms with Gasteiger partial charge in [-0.15, -0.1) is 0 Å². The van der Waals surface area contributed by atoms with E-state index in [-0.39, 0.29) is 29.9 Å². The van der Waals surface area contributed by atoms with E-state index in [9.17, 15) is 24.5 Å². The molecule has 3 heterocycles. The van der Waals surface area contributed by atoms with Crippen molar-refractivity contribution in [3.8, 4) is 0 Å². The van der Waals surface area contributed by atoms with Crippen LogP contribution in [0.15, 0.2) is 35.7 Å². The van der Waals surface area contributed by atoms with Crippen LogP contribution in [-0.2, 0) is 30.5 Å². The predicted molar refractivity (Wildman–Crippen MR) is 96.7 cm³/mol. The van der Waals surface area contributed by atoms with E-state index < -0.39 is 22.6 Å². The standard InChI is InChI=1S/C19H19N3O7/c1-11(23)29-19(2)10-20(19)15-7-14-8-16(24)21(14)17(15)18(25)28-9-12-3-5-13(6-4-12)22(26)27/h3-6,14H,7-10H2,1-2H3/t14-,19?,20?/m1/s1. The topological polar surface area (TPSA) is 119 Å². The highest BCUT2D eigenvalue weighted by molar-refractivity contribution is 5.99. The van der Waals surface area contributed by atoms with Crippen molar-refractivity contribution in [2.45, 2.75) is 45.1 Å². The zero-order valence-electron chi connectivity index (χ0n) is 15.9. The van der Waals surface area contributed by atoms with Crippen molar-refractivity contribution in [3.63, 3.8) is 0 Å². The summed E-state index contributed by atoms with van der Waals surface area (Å²) in [6.45, 7) is 3.43. The van der Waals surface area contributed by atoms with Crippen LogP contribution in [0.1, 0.15) is 32.3 Å². The Morgan fingerprint density at radius 3 is 2.55 bits per heavy atom. The van der Waals surface area contributed by atoms with Gasteiger partial charge in [0.25, 0.3) is 5.69 Å². The summed E-state index contributed by atoms with van der Waals surface area (Å²) in [5.74, 6) is -1.22. The van der Waals surface area contributed by atoms with E-state index in [1.165, 1.54) is 36.1 Å². The Morgan fingerprint density at radius 1 is 1.28 bits per heavy atom. The highest BCUT2D eigenvalue weighted by atomic mass is 16.6. The van der Waals surface area contributed by atoms with Crippen LogP contribution in [0.3, 0.4) is 0 Å². The molecular formula is C19H19N3O7. The molecule has 29 heavy (non-hydrogen) atoms. The second-order valence-corrected chi connectivity index (χ2v) is 7.48. The SMILES string of the molecule is CC(=O)OC1(C)CN1C1=C(C(=O)OCc2ccc([N+](=O)[O-])cc2)N2C(=O)C[C@H]2C1. The van der Waals surface area contributed by atoms with Crippen molar-refractivity contribution < 1.29 is 28.8 Å². The van der Waals surface area contributed by atoms with Crippen molar-refractivity contribution in [3.05, 3.63) is 51.3 Å². The van der Waals surface area contributed by atoms with Gasteiger partial charge in [0.2, 0.25) is 11.6 Å². The van der Waals surface area contributed by atoms with Crippen LogP contribution in [0.4, 0.5) is 5.69 Å². The normalized spacial score (nSPS) is 24.8. The number of β-lactam (4-membered cyclic amide) rings is 1. The lowest BCUT2D eigenvalue weighted by Gasteiger charge is -2.35. The number of carbonyl (C=O) groups is 3. The average molecular weight is 401 g/mol. The van der Waals surface area contributed by atoms with Gasteiger partial charge in [0.05, 0.1) is 23.2 Å². The molecule has 0 saturated carbocycles. The summed E-state index contributed by atoms with van der Waals surface area (Å²) in [5.41, 5.74) is 0.537. The number of nitrogens with zero attached hydrogens (tertiary/aromatic N) is 3. The van der Waals surface area contributed by atoms with Crippen LogP contribution in [0.25, 0.3) is 0 Å². The third-order valence-corrected chi connectivity index (χ3v) is 5.31. The van der Waals surface area contributed by atoms with Crippen LogP contribution >= 0.6 is 0 Å². The molecule has 152 valence electrons. The van der Waals surface area contributed by atoms with Crippen molar-refractivity contribution in [2.75, 3.05) is 6.54 Å². The number of carbonyl (C=O) groups excluding carboxylic acids is 3. The highest BCUT2D eigenvalue weighted by Gasteiger charge is 2.58. The summed E-state index contributed by atoms with van der Waals surface area (Å²) in [6, 6.07) is 5.60. The smallest absolute Gasteiger partial charge is 0.357 e. The van der Waals surface area contributed by atoms with Crippen molar-refractivity contribution in [1.82, 2.24) is 9.80 Å². The molecule has 10 nitrogen and oxygen atoms in total. The Bertz CT molecular complexity index is 955. The van der Waals surface area contributed by atoms with Gasteiger partial charge in [-0.3, -0.25) is 19.7 Å². The molecule has 3 aliphatic heterocycles. The van der Waals surface area contributed by atoms with Crippen molar-refractivity contribution >= 4 is 23.5 Å². The lowest BCUT2D eigenvalue weighted by molar-refractivity contribution is -0.384. The summed E-state index contributed by atoms with van der Waals surface area (Å²) in [7, 11) is 0. The largest absolute Gasteiger partial charge is 0.456 e. The third kappa shape index (κ3) is 3.30. The number of esters is 2. The number of amides is 1. The monoisotopic (exact) mass is 401 g/mol. The minimum atomic E-state index is -0.820. The molecule has 1 aromatic carbocycles. The molecule has 3 aliphatic rings. The summed E-state index contributed by atoms with van der Waals surface area (Å²) in [6.07, 6.45) is 0.866. The van der Waals surface area contributed by atoms with Crippen LogP contribution < -0.4 is 0 Å². The van der Waals surface area contributed by atoms with Gasteiger partial charge in [0.15, 0.2) is 0 Å². The van der Waals surface area contributed by atoms with Gasteiger partial charge in [-0.1, -0.05) is 0 Å². The quantitative estimate of drug-likeness (QED) is 0.231. The molecule has 1 unspecified atom stereocenters. The Balaban J connectivity index is 1.50. The zero-order valence-corrected chi connectivity index (χ0v) is 15.9. The predicted octanol–water partition coefficient (Wildman–Crippen LogP) is 1.45. The summed E-state index contributed by atoms with van der Waals surface area (Å²) >= 11 is 0. The number of rotatable bonds is 6. The van der Waals surface area contributed by atoms with E-state index in [1.807, 2.05) is 0 Å². The van der Waals surface area contributed by atoms with Gasteiger partial charge < -0.3 is 19.3 Å². The van der Waals surface area contributed by atoms with Crippen LogP contribution in [0, 0.1) is 10.1 Å². The molecule has 2 fully saturated rings. The van der Waals surface area contributed by atoms with E-state index >= 15 is 0 Å². The number of hydrogen-bond acceptors (Lipinski definition) is 8. The number of hydrogen-bond donors (Lipinski definition) is 0. The molecule has 0 aliphatic carbocycles. The van der Waals surface area contributed by atoms with Crippen LogP contribution in [0.5, 0.6) is 0 Å². The number of nitro groups is 1. The number of nitro benzene ring substituents is 1. The molecule has 4 rings (SSSR count). The Kier molecular flexibility index (Phi) is 4.29. The van der Waals surface area contributed by atoms with E-state index in [0.29, 0.717) is 30.6 Å². The maximum absolute atomic E-state index is 12.8. The summed E-state index contributed by atoms with van der Waals surface area (Å²) < 4.78 is 10.7. The summed E-state index contributed by atoms with van der Waals surface area (Å²) in [4.78, 5) is 49.6. The first kappa shape index (κ1) is 18.9. The average Bonchev–Trinajstić information content (AvgIpc) is 3.19. The molecule has 10 heteroatoms. The fourth-order valence-electron chi connectivity index (χ4n) is 3.83. The number of fused-ring (bicyclic) bond motifs is 1. The number of ether oxygens (including phenoxy) is 2. The molecule has 1 aromatic rings. The van der Waals surface area contributed by atoms with Crippen LogP contribution in [-0.4, -0.2) is 50.9 Å². The molecule has 0 bridgehead atoms.